The summed E-state index contributed by atoms with van der Waals surface area (Å²) in [5, 5.41) is 0. The van der Waals surface area contributed by atoms with Gasteiger partial charge in [0.05, 0.1) is 13.2 Å². The third-order valence-corrected chi connectivity index (χ3v) is 2.86. The molecule has 5 heteroatoms. The molecule has 0 radical (unpaired) electrons. The van der Waals surface area contributed by atoms with Gasteiger partial charge in [0.1, 0.15) is 6.10 Å². The Balaban J connectivity index is 1.77. The Bertz CT molecular complexity index is 260. The second-order valence-electron chi connectivity index (χ2n) is 4.65. The summed E-state index contributed by atoms with van der Waals surface area (Å²) in [6.45, 7) is 3.75. The van der Waals surface area contributed by atoms with Gasteiger partial charge in [-0.15, -0.1) is 0 Å². The zero-order valence-corrected chi connectivity index (χ0v) is 9.89. The van der Waals surface area contributed by atoms with Gasteiger partial charge in [-0.3, -0.25) is 4.79 Å². The Labute approximate surface area is 95.0 Å². The van der Waals surface area contributed by atoms with Crippen molar-refractivity contribution >= 4 is 5.97 Å². The fourth-order valence-electron chi connectivity index (χ4n) is 2.15. The molecule has 2 heterocycles. The lowest BCUT2D eigenvalue weighted by molar-refractivity contribution is -0.205. The summed E-state index contributed by atoms with van der Waals surface area (Å²) in [6.07, 6.45) is 1.57. The molecule has 0 N–H and O–H groups in total. The van der Waals surface area contributed by atoms with Crippen molar-refractivity contribution < 1.29 is 23.7 Å². The van der Waals surface area contributed by atoms with Crippen molar-refractivity contribution in [2.24, 2.45) is 0 Å². The van der Waals surface area contributed by atoms with Crippen molar-refractivity contribution in [3.63, 3.8) is 0 Å². The number of carbonyl (C=O) groups excluding carboxylic acids is 1. The van der Waals surface area contributed by atoms with Crippen LogP contribution in [0.1, 0.15) is 33.1 Å². The second kappa shape index (κ2) is 4.31. The van der Waals surface area contributed by atoms with Gasteiger partial charge < -0.3 is 18.9 Å². The maximum atomic E-state index is 11.0. The molecule has 2 saturated heterocycles. The SMILES string of the molecule is COC(=O)CCC1CC2OC(C)(C)OC2O1. The molecule has 0 aromatic heterocycles. The normalized spacial score (nSPS) is 36.1. The number of rotatable bonds is 3. The first-order chi connectivity index (χ1) is 7.50. The summed E-state index contributed by atoms with van der Waals surface area (Å²) in [7, 11) is 1.39. The first-order valence-corrected chi connectivity index (χ1v) is 5.58. The minimum atomic E-state index is -0.553. The van der Waals surface area contributed by atoms with Gasteiger partial charge in [0.2, 0.25) is 0 Å². The number of carbonyl (C=O) groups is 1. The molecule has 2 aliphatic rings. The van der Waals surface area contributed by atoms with E-state index in [1.54, 1.807) is 0 Å². The highest BCUT2D eigenvalue weighted by atomic mass is 16.8. The molecule has 2 rings (SSSR count). The van der Waals surface area contributed by atoms with Crippen molar-refractivity contribution in [2.45, 2.75) is 57.4 Å². The zero-order chi connectivity index (χ0) is 11.8. The lowest BCUT2D eigenvalue weighted by Crippen LogP contribution is -2.25. The maximum Gasteiger partial charge on any atom is 0.305 e. The number of ether oxygens (including phenoxy) is 4. The molecule has 3 atom stereocenters. The minimum Gasteiger partial charge on any atom is -0.469 e. The molecule has 0 aliphatic carbocycles. The number of fused-ring (bicyclic) bond motifs is 1. The van der Waals surface area contributed by atoms with Gasteiger partial charge in [-0.2, -0.15) is 0 Å². The topological polar surface area (TPSA) is 54.0 Å². The maximum absolute atomic E-state index is 11.0. The summed E-state index contributed by atoms with van der Waals surface area (Å²) in [6, 6.07) is 0. The monoisotopic (exact) mass is 230 g/mol. The van der Waals surface area contributed by atoms with Crippen LogP contribution in [0.5, 0.6) is 0 Å². The Morgan fingerprint density at radius 2 is 2.19 bits per heavy atom. The standard InChI is InChI=1S/C11H18O5/c1-11(2)15-8-6-7(14-10(8)16-11)4-5-9(12)13-3/h7-8,10H,4-6H2,1-3H3. The average Bonchev–Trinajstić information content (AvgIpc) is 2.67. The van der Waals surface area contributed by atoms with E-state index in [2.05, 4.69) is 4.74 Å². The summed E-state index contributed by atoms with van der Waals surface area (Å²) in [5.41, 5.74) is 0. The third-order valence-electron chi connectivity index (χ3n) is 2.86. The summed E-state index contributed by atoms with van der Waals surface area (Å²) in [5.74, 6) is -0.759. The Hall–Kier alpha value is -0.650. The van der Waals surface area contributed by atoms with Crippen molar-refractivity contribution in [3.05, 3.63) is 0 Å². The number of hydrogen-bond acceptors (Lipinski definition) is 5. The van der Waals surface area contributed by atoms with E-state index >= 15 is 0 Å². The summed E-state index contributed by atoms with van der Waals surface area (Å²) < 4.78 is 21.5. The van der Waals surface area contributed by atoms with E-state index in [9.17, 15) is 4.79 Å². The molecule has 5 nitrogen and oxygen atoms in total. The van der Waals surface area contributed by atoms with Crippen LogP contribution in [0.4, 0.5) is 0 Å². The first-order valence-electron chi connectivity index (χ1n) is 5.58. The lowest BCUT2D eigenvalue weighted by atomic mass is 10.1. The van der Waals surface area contributed by atoms with Crippen LogP contribution in [0.3, 0.4) is 0 Å². The van der Waals surface area contributed by atoms with Crippen molar-refractivity contribution in [1.29, 1.82) is 0 Å². The minimum absolute atomic E-state index is 0.00218. The Kier molecular flexibility index (Phi) is 3.19. The van der Waals surface area contributed by atoms with Crippen LogP contribution in [0.25, 0.3) is 0 Å². The van der Waals surface area contributed by atoms with Crippen LogP contribution in [-0.2, 0) is 23.7 Å². The quantitative estimate of drug-likeness (QED) is 0.682. The smallest absolute Gasteiger partial charge is 0.305 e. The van der Waals surface area contributed by atoms with Gasteiger partial charge in [-0.05, 0) is 20.3 Å². The van der Waals surface area contributed by atoms with E-state index in [0.29, 0.717) is 12.8 Å². The second-order valence-corrected chi connectivity index (χ2v) is 4.65. The molecule has 2 fully saturated rings. The van der Waals surface area contributed by atoms with Crippen molar-refractivity contribution in [2.75, 3.05) is 7.11 Å². The van der Waals surface area contributed by atoms with Gasteiger partial charge >= 0.3 is 5.97 Å². The largest absolute Gasteiger partial charge is 0.469 e. The number of methoxy groups -OCH3 is 1. The van der Waals surface area contributed by atoms with Gasteiger partial charge in [0.25, 0.3) is 0 Å². The predicted molar refractivity (Wildman–Crippen MR) is 54.6 cm³/mol. The zero-order valence-electron chi connectivity index (χ0n) is 9.89. The van der Waals surface area contributed by atoms with E-state index in [1.165, 1.54) is 7.11 Å². The van der Waals surface area contributed by atoms with Crippen LogP contribution < -0.4 is 0 Å². The van der Waals surface area contributed by atoms with Crippen molar-refractivity contribution in [1.82, 2.24) is 0 Å². The fraction of sp³-hybridized carbons (Fsp3) is 0.909. The summed E-state index contributed by atoms with van der Waals surface area (Å²) >= 11 is 0. The number of hydrogen-bond donors (Lipinski definition) is 0. The van der Waals surface area contributed by atoms with Crippen LogP contribution in [0, 0.1) is 0 Å². The number of esters is 1. The van der Waals surface area contributed by atoms with E-state index in [-0.39, 0.29) is 24.5 Å². The van der Waals surface area contributed by atoms with Crippen molar-refractivity contribution in [3.8, 4) is 0 Å². The molecular weight excluding hydrogens is 212 g/mol. The molecule has 0 saturated carbocycles. The lowest BCUT2D eigenvalue weighted by Gasteiger charge is -2.20. The van der Waals surface area contributed by atoms with E-state index in [0.717, 1.165) is 6.42 Å². The van der Waals surface area contributed by atoms with Gasteiger partial charge in [0.15, 0.2) is 12.1 Å². The molecule has 0 bridgehead atoms. The Morgan fingerprint density at radius 1 is 1.44 bits per heavy atom. The molecule has 0 aromatic rings. The van der Waals surface area contributed by atoms with Crippen LogP contribution in [0.2, 0.25) is 0 Å². The summed E-state index contributed by atoms with van der Waals surface area (Å²) in [4.78, 5) is 11.0. The van der Waals surface area contributed by atoms with Gasteiger partial charge in [0, 0.05) is 12.8 Å². The van der Waals surface area contributed by atoms with E-state index in [4.69, 9.17) is 14.2 Å². The third kappa shape index (κ3) is 2.53. The molecule has 3 unspecified atom stereocenters. The Morgan fingerprint density at radius 3 is 2.81 bits per heavy atom. The van der Waals surface area contributed by atoms with Crippen LogP contribution >= 0.6 is 0 Å². The van der Waals surface area contributed by atoms with E-state index in [1.807, 2.05) is 13.8 Å². The highest BCUT2D eigenvalue weighted by Crippen LogP contribution is 2.38. The average molecular weight is 230 g/mol. The highest BCUT2D eigenvalue weighted by Gasteiger charge is 2.48. The van der Waals surface area contributed by atoms with Gasteiger partial charge in [-0.1, -0.05) is 0 Å². The highest BCUT2D eigenvalue weighted by molar-refractivity contribution is 5.69. The van der Waals surface area contributed by atoms with Crippen LogP contribution in [0.15, 0.2) is 0 Å². The van der Waals surface area contributed by atoms with E-state index < -0.39 is 5.79 Å². The molecular formula is C11H18O5. The molecule has 0 amide bonds. The first kappa shape index (κ1) is 11.8. The molecule has 92 valence electrons. The fourth-order valence-corrected chi connectivity index (χ4v) is 2.15. The molecule has 0 aromatic carbocycles. The van der Waals surface area contributed by atoms with Crippen LogP contribution in [-0.4, -0.2) is 37.4 Å². The molecule has 16 heavy (non-hydrogen) atoms. The molecule has 2 aliphatic heterocycles. The predicted octanol–water partition coefficient (Wildman–Crippen LogP) is 1.21. The van der Waals surface area contributed by atoms with Gasteiger partial charge in [-0.25, -0.2) is 0 Å². The molecule has 0 spiro atoms.